The van der Waals surface area contributed by atoms with E-state index in [4.69, 9.17) is 4.74 Å². The standard InChI is InChI=1S/C22H24N2O4/c1-3-16-9-11-19(12-10-16)24-14-17(13-20(24)25)22(27)28-15(2)21(26)23-18-7-5-4-6-8-18/h4-12,15,17H,3,13-14H2,1-2H3,(H,23,26)/t15-,17-/m0/s1. The molecule has 0 unspecified atom stereocenters. The summed E-state index contributed by atoms with van der Waals surface area (Å²) in [7, 11) is 0. The highest BCUT2D eigenvalue weighted by Gasteiger charge is 2.37. The first kappa shape index (κ1) is 19.6. The van der Waals surface area contributed by atoms with Gasteiger partial charge in [0.2, 0.25) is 5.91 Å². The van der Waals surface area contributed by atoms with Crippen LogP contribution in [-0.4, -0.2) is 30.4 Å². The number of rotatable bonds is 6. The Hall–Kier alpha value is -3.15. The molecular weight excluding hydrogens is 356 g/mol. The number of hydrogen-bond donors (Lipinski definition) is 1. The van der Waals surface area contributed by atoms with Crippen LogP contribution in [0.2, 0.25) is 0 Å². The smallest absolute Gasteiger partial charge is 0.312 e. The van der Waals surface area contributed by atoms with Crippen LogP contribution in [0.4, 0.5) is 11.4 Å². The summed E-state index contributed by atoms with van der Waals surface area (Å²) in [5, 5.41) is 2.70. The second-order valence-corrected chi connectivity index (χ2v) is 6.86. The second-order valence-electron chi connectivity index (χ2n) is 6.86. The van der Waals surface area contributed by atoms with Crippen LogP contribution in [0.3, 0.4) is 0 Å². The predicted molar refractivity (Wildman–Crippen MR) is 107 cm³/mol. The van der Waals surface area contributed by atoms with Gasteiger partial charge in [-0.05, 0) is 43.2 Å². The van der Waals surface area contributed by atoms with Gasteiger partial charge in [0.05, 0.1) is 5.92 Å². The largest absolute Gasteiger partial charge is 0.452 e. The summed E-state index contributed by atoms with van der Waals surface area (Å²) in [5.41, 5.74) is 2.59. The number of carbonyl (C=O) groups is 3. The Kier molecular flexibility index (Phi) is 6.09. The van der Waals surface area contributed by atoms with Crippen molar-refractivity contribution in [2.24, 2.45) is 5.92 Å². The predicted octanol–water partition coefficient (Wildman–Crippen LogP) is 3.17. The first-order chi connectivity index (χ1) is 13.5. The molecule has 1 heterocycles. The SMILES string of the molecule is CCc1ccc(N2C[C@@H](C(=O)O[C@@H](C)C(=O)Nc3ccccc3)CC2=O)cc1. The number of amides is 2. The van der Waals surface area contributed by atoms with Gasteiger partial charge in [-0.25, -0.2) is 0 Å². The van der Waals surface area contributed by atoms with Crippen molar-refractivity contribution in [2.45, 2.75) is 32.8 Å². The van der Waals surface area contributed by atoms with Crippen molar-refractivity contribution in [3.8, 4) is 0 Å². The van der Waals surface area contributed by atoms with E-state index in [1.54, 1.807) is 29.2 Å². The molecule has 1 fully saturated rings. The van der Waals surface area contributed by atoms with Crippen molar-refractivity contribution in [1.82, 2.24) is 0 Å². The lowest BCUT2D eigenvalue weighted by molar-refractivity contribution is -0.157. The first-order valence-electron chi connectivity index (χ1n) is 9.43. The van der Waals surface area contributed by atoms with Crippen LogP contribution >= 0.6 is 0 Å². The van der Waals surface area contributed by atoms with Crippen LogP contribution < -0.4 is 10.2 Å². The van der Waals surface area contributed by atoms with Crippen LogP contribution in [0.25, 0.3) is 0 Å². The molecule has 2 amide bonds. The quantitative estimate of drug-likeness (QED) is 0.781. The molecule has 0 saturated carbocycles. The van der Waals surface area contributed by atoms with E-state index in [1.807, 2.05) is 30.3 Å². The van der Waals surface area contributed by atoms with Gasteiger partial charge in [-0.15, -0.1) is 0 Å². The fourth-order valence-electron chi connectivity index (χ4n) is 3.12. The van der Waals surface area contributed by atoms with Crippen molar-refractivity contribution in [3.05, 3.63) is 60.2 Å². The van der Waals surface area contributed by atoms with Gasteiger partial charge in [-0.2, -0.15) is 0 Å². The third-order valence-corrected chi connectivity index (χ3v) is 4.82. The van der Waals surface area contributed by atoms with Gasteiger partial charge in [0, 0.05) is 24.3 Å². The Morgan fingerprint density at radius 1 is 1.14 bits per heavy atom. The van der Waals surface area contributed by atoms with Gasteiger partial charge >= 0.3 is 5.97 Å². The summed E-state index contributed by atoms with van der Waals surface area (Å²) in [5.74, 6) is -1.63. The van der Waals surface area contributed by atoms with Crippen LogP contribution in [0.15, 0.2) is 54.6 Å². The highest BCUT2D eigenvalue weighted by atomic mass is 16.5. The fraction of sp³-hybridized carbons (Fsp3) is 0.318. The zero-order chi connectivity index (χ0) is 20.1. The Labute approximate surface area is 164 Å². The van der Waals surface area contributed by atoms with E-state index in [2.05, 4.69) is 12.2 Å². The summed E-state index contributed by atoms with van der Waals surface area (Å²) in [6.07, 6.45) is 0.0636. The van der Waals surface area contributed by atoms with Crippen LogP contribution in [0.5, 0.6) is 0 Å². The van der Waals surface area contributed by atoms with Crippen molar-refractivity contribution in [2.75, 3.05) is 16.8 Å². The maximum atomic E-state index is 12.5. The van der Waals surface area contributed by atoms with E-state index in [9.17, 15) is 14.4 Å². The molecule has 2 aromatic carbocycles. The molecule has 28 heavy (non-hydrogen) atoms. The molecule has 1 aliphatic heterocycles. The van der Waals surface area contributed by atoms with Crippen molar-refractivity contribution in [1.29, 1.82) is 0 Å². The van der Waals surface area contributed by atoms with Crippen LogP contribution in [-0.2, 0) is 25.5 Å². The Balaban J connectivity index is 1.57. The lowest BCUT2D eigenvalue weighted by atomic mass is 10.1. The molecule has 2 atom stereocenters. The van der Waals surface area contributed by atoms with E-state index in [-0.39, 0.29) is 18.9 Å². The van der Waals surface area contributed by atoms with Crippen LogP contribution in [0, 0.1) is 5.92 Å². The summed E-state index contributed by atoms with van der Waals surface area (Å²) < 4.78 is 5.31. The average molecular weight is 380 g/mol. The summed E-state index contributed by atoms with van der Waals surface area (Å²) in [6, 6.07) is 16.7. The number of aryl methyl sites for hydroxylation is 1. The molecular formula is C22H24N2O4. The molecule has 0 aliphatic carbocycles. The Bertz CT molecular complexity index is 849. The monoisotopic (exact) mass is 380 g/mol. The van der Waals surface area contributed by atoms with Crippen molar-refractivity contribution >= 4 is 29.2 Å². The number of ether oxygens (including phenoxy) is 1. The minimum absolute atomic E-state index is 0.0847. The van der Waals surface area contributed by atoms with Gasteiger partial charge in [0.15, 0.2) is 6.10 Å². The van der Waals surface area contributed by atoms with E-state index in [1.165, 1.54) is 12.5 Å². The van der Waals surface area contributed by atoms with E-state index in [0.717, 1.165) is 12.1 Å². The molecule has 6 heteroatoms. The molecule has 6 nitrogen and oxygen atoms in total. The number of anilines is 2. The molecule has 0 aromatic heterocycles. The van der Waals surface area contributed by atoms with E-state index >= 15 is 0 Å². The van der Waals surface area contributed by atoms with Gasteiger partial charge in [-0.3, -0.25) is 14.4 Å². The molecule has 0 bridgehead atoms. The summed E-state index contributed by atoms with van der Waals surface area (Å²) in [6.45, 7) is 3.85. The van der Waals surface area contributed by atoms with Crippen molar-refractivity contribution in [3.63, 3.8) is 0 Å². The normalized spacial score (nSPS) is 17.3. The third-order valence-electron chi connectivity index (χ3n) is 4.82. The number of hydrogen-bond acceptors (Lipinski definition) is 4. The van der Waals surface area contributed by atoms with Crippen LogP contribution in [0.1, 0.15) is 25.8 Å². The summed E-state index contributed by atoms with van der Waals surface area (Å²) in [4.78, 5) is 38.6. The molecule has 3 rings (SSSR count). The Morgan fingerprint density at radius 3 is 2.46 bits per heavy atom. The first-order valence-corrected chi connectivity index (χ1v) is 9.43. The maximum absolute atomic E-state index is 12.5. The zero-order valence-electron chi connectivity index (χ0n) is 16.1. The number of carbonyl (C=O) groups excluding carboxylic acids is 3. The highest BCUT2D eigenvalue weighted by Crippen LogP contribution is 2.26. The Morgan fingerprint density at radius 2 is 1.82 bits per heavy atom. The van der Waals surface area contributed by atoms with Gasteiger partial charge in [0.1, 0.15) is 0 Å². The molecule has 146 valence electrons. The van der Waals surface area contributed by atoms with Crippen molar-refractivity contribution < 1.29 is 19.1 Å². The lowest BCUT2D eigenvalue weighted by Gasteiger charge is -2.18. The molecule has 1 aliphatic rings. The minimum atomic E-state index is -0.944. The number of para-hydroxylation sites is 1. The number of nitrogens with one attached hydrogen (secondary N) is 1. The maximum Gasteiger partial charge on any atom is 0.312 e. The topological polar surface area (TPSA) is 75.7 Å². The lowest BCUT2D eigenvalue weighted by Crippen LogP contribution is -2.33. The molecule has 1 saturated heterocycles. The third kappa shape index (κ3) is 4.57. The van der Waals surface area contributed by atoms with Gasteiger partial charge in [0.25, 0.3) is 5.91 Å². The molecule has 2 aromatic rings. The molecule has 0 spiro atoms. The number of nitrogens with zero attached hydrogens (tertiary/aromatic N) is 1. The highest BCUT2D eigenvalue weighted by molar-refractivity contribution is 6.00. The second kappa shape index (κ2) is 8.69. The van der Waals surface area contributed by atoms with E-state index < -0.39 is 23.9 Å². The van der Waals surface area contributed by atoms with E-state index in [0.29, 0.717) is 5.69 Å². The zero-order valence-corrected chi connectivity index (χ0v) is 16.1. The van der Waals surface area contributed by atoms with Gasteiger partial charge in [-0.1, -0.05) is 37.3 Å². The number of benzene rings is 2. The molecule has 1 N–H and O–H groups in total. The fourth-order valence-corrected chi connectivity index (χ4v) is 3.12. The van der Waals surface area contributed by atoms with Gasteiger partial charge < -0.3 is 15.0 Å². The minimum Gasteiger partial charge on any atom is -0.452 e. The molecule has 0 radical (unpaired) electrons. The summed E-state index contributed by atoms with van der Waals surface area (Å²) >= 11 is 0. The number of esters is 1. The average Bonchev–Trinajstić information content (AvgIpc) is 3.10.